The van der Waals surface area contributed by atoms with Gasteiger partial charge in [-0.2, -0.15) is 9.97 Å². The van der Waals surface area contributed by atoms with E-state index < -0.39 is 17.2 Å². The summed E-state index contributed by atoms with van der Waals surface area (Å²) in [7, 11) is 1.77. The number of hydrogen-bond acceptors (Lipinski definition) is 9. The van der Waals surface area contributed by atoms with E-state index >= 15 is 4.39 Å². The maximum Gasteiger partial charge on any atom is 0.319 e. The number of pyridine rings is 1. The zero-order chi connectivity index (χ0) is 35.5. The fraction of sp³-hybridized carbons (Fsp3) is 0.525. The molecule has 2 saturated carbocycles. The molecule has 2 saturated heterocycles. The zero-order valence-corrected chi connectivity index (χ0v) is 29.3. The second-order valence-corrected chi connectivity index (χ2v) is 15.5. The fourth-order valence-electron chi connectivity index (χ4n) is 9.60. The van der Waals surface area contributed by atoms with Crippen molar-refractivity contribution < 1.29 is 28.5 Å². The maximum absolute atomic E-state index is 17.0. The number of piperidine rings is 2. The number of anilines is 1. The summed E-state index contributed by atoms with van der Waals surface area (Å²) in [5.74, 6) is 1.92. The number of benzene rings is 2. The van der Waals surface area contributed by atoms with Gasteiger partial charge in [0.2, 0.25) is 0 Å². The van der Waals surface area contributed by atoms with E-state index in [0.29, 0.717) is 60.7 Å². The summed E-state index contributed by atoms with van der Waals surface area (Å²) in [6.45, 7) is 5.04. The van der Waals surface area contributed by atoms with Crippen molar-refractivity contribution in [1.29, 1.82) is 0 Å². The Labute approximate surface area is 297 Å². The first-order valence-corrected chi connectivity index (χ1v) is 18.2. The van der Waals surface area contributed by atoms with Crippen LogP contribution in [-0.2, 0) is 4.74 Å². The number of ether oxygens (including phenoxy) is 2. The van der Waals surface area contributed by atoms with Crippen LogP contribution in [0.3, 0.4) is 0 Å². The van der Waals surface area contributed by atoms with Crippen molar-refractivity contribution in [2.24, 2.45) is 11.3 Å². The smallest absolute Gasteiger partial charge is 0.319 e. The molecule has 2 aliphatic carbocycles. The maximum atomic E-state index is 17.0. The van der Waals surface area contributed by atoms with E-state index in [4.69, 9.17) is 20.9 Å². The Morgan fingerprint density at radius 3 is 2.67 bits per heavy atom. The first kappa shape index (κ1) is 34.0. The number of phenolic OH excluding ortho intramolecular Hbond substituents is 1. The molecule has 9 nitrogen and oxygen atoms in total. The van der Waals surface area contributed by atoms with Crippen LogP contribution < -0.4 is 9.64 Å². The van der Waals surface area contributed by atoms with E-state index in [1.54, 1.807) is 14.0 Å². The van der Waals surface area contributed by atoms with Crippen molar-refractivity contribution in [3.8, 4) is 35.4 Å². The number of hydrogen-bond donors (Lipinski definition) is 2. The molecule has 0 amide bonds. The molecular weight excluding hydrogens is 652 g/mol. The first-order chi connectivity index (χ1) is 24.6. The fourth-order valence-corrected chi connectivity index (χ4v) is 9.60. The third-order valence-electron chi connectivity index (χ3n) is 12.0. The van der Waals surface area contributed by atoms with Gasteiger partial charge in [-0.05, 0) is 94.3 Å². The summed E-state index contributed by atoms with van der Waals surface area (Å²) in [4.78, 5) is 18.7. The van der Waals surface area contributed by atoms with Gasteiger partial charge >= 0.3 is 6.01 Å². The van der Waals surface area contributed by atoms with E-state index in [2.05, 4.69) is 20.8 Å². The summed E-state index contributed by atoms with van der Waals surface area (Å²) in [5, 5.41) is 22.7. The molecule has 2 aromatic carbocycles. The molecule has 0 unspecified atom stereocenters. The minimum atomic E-state index is -0.954. The molecule has 2 N–H and O–H groups in total. The van der Waals surface area contributed by atoms with E-state index in [9.17, 15) is 14.6 Å². The van der Waals surface area contributed by atoms with Crippen LogP contribution in [0.15, 0.2) is 30.5 Å². The van der Waals surface area contributed by atoms with Crippen molar-refractivity contribution in [3.63, 3.8) is 0 Å². The second kappa shape index (κ2) is 13.1. The second-order valence-electron chi connectivity index (χ2n) is 15.5. The lowest BCUT2D eigenvalue weighted by Gasteiger charge is -2.53. The van der Waals surface area contributed by atoms with Crippen LogP contribution >= 0.6 is 0 Å². The third-order valence-corrected chi connectivity index (χ3v) is 12.0. The van der Waals surface area contributed by atoms with E-state index in [1.807, 2.05) is 4.90 Å². The van der Waals surface area contributed by atoms with Crippen LogP contribution in [0.5, 0.6) is 11.8 Å². The van der Waals surface area contributed by atoms with Crippen LogP contribution in [0.1, 0.15) is 70.3 Å². The Bertz CT molecular complexity index is 2030. The molecule has 4 heterocycles. The normalized spacial score (nSPS) is 28.1. The molecule has 8 rings (SSSR count). The average molecular weight is 698 g/mol. The number of aromatic hydroxyl groups is 1. The molecule has 4 aromatic rings. The Hall–Kier alpha value is -4.11. The molecule has 4 fully saturated rings. The minimum absolute atomic E-state index is 0.00948. The highest BCUT2D eigenvalue weighted by atomic mass is 19.1. The van der Waals surface area contributed by atoms with Crippen molar-refractivity contribution in [2.75, 3.05) is 44.9 Å². The van der Waals surface area contributed by atoms with Crippen LogP contribution in [0.25, 0.3) is 32.9 Å². The van der Waals surface area contributed by atoms with Gasteiger partial charge in [0.25, 0.3) is 0 Å². The Kier molecular flexibility index (Phi) is 8.76. The lowest BCUT2D eigenvalue weighted by molar-refractivity contribution is -0.0622. The van der Waals surface area contributed by atoms with Gasteiger partial charge in [0.1, 0.15) is 28.6 Å². The predicted octanol–water partition coefficient (Wildman–Crippen LogP) is 6.60. The van der Waals surface area contributed by atoms with Crippen molar-refractivity contribution in [2.45, 2.75) is 82.4 Å². The average Bonchev–Trinajstić information content (AvgIpc) is 3.53. The van der Waals surface area contributed by atoms with Crippen molar-refractivity contribution in [3.05, 3.63) is 47.7 Å². The Morgan fingerprint density at radius 2 is 1.88 bits per heavy atom. The van der Waals surface area contributed by atoms with Gasteiger partial charge in [-0.3, -0.25) is 9.88 Å². The van der Waals surface area contributed by atoms with Crippen LogP contribution in [0.4, 0.5) is 14.6 Å². The highest BCUT2D eigenvalue weighted by Gasteiger charge is 2.51. The van der Waals surface area contributed by atoms with Crippen LogP contribution in [-0.4, -0.2) is 87.7 Å². The van der Waals surface area contributed by atoms with Gasteiger partial charge in [-0.15, -0.1) is 6.42 Å². The lowest BCUT2D eigenvalue weighted by atomic mass is 9.71. The number of phenols is 1. The third kappa shape index (κ3) is 6.05. The number of aromatic nitrogens is 3. The number of fused-ring (bicyclic) bond motifs is 3. The molecule has 3 atom stereocenters. The molecule has 51 heavy (non-hydrogen) atoms. The zero-order valence-electron chi connectivity index (χ0n) is 29.3. The van der Waals surface area contributed by atoms with Crippen LogP contribution in [0, 0.1) is 35.3 Å². The molecule has 0 spiro atoms. The standard InChI is InChI=1S/C40H45F2N5O4/c1-4-28-31(41)10-9-25-18-27(48)19-29(33(25)28)35-34(42)36-30(20-43-35)37(46-14-6-11-39(2,49)22-46)45-38(44-36)51-23-40-12-5-8-32(40)47(15-7-13-40)26-16-24(17-26)21-50-3/h1,9-10,18-20,24,26,32,48-49H,5-8,11-17,21-23H2,2-3H3/t24?,26?,32-,39-,40-/m1/s1. The topological polar surface area (TPSA) is 104 Å². The quantitative estimate of drug-likeness (QED) is 0.197. The number of aliphatic hydroxyl groups is 1. The molecule has 2 aromatic heterocycles. The van der Waals surface area contributed by atoms with Gasteiger partial charge in [-0.1, -0.05) is 18.4 Å². The largest absolute Gasteiger partial charge is 0.508 e. The van der Waals surface area contributed by atoms with Gasteiger partial charge in [0.15, 0.2) is 5.82 Å². The van der Waals surface area contributed by atoms with Gasteiger partial charge in [-0.25, -0.2) is 8.78 Å². The van der Waals surface area contributed by atoms with Crippen molar-refractivity contribution >= 4 is 27.5 Å². The van der Waals surface area contributed by atoms with Gasteiger partial charge in [0.05, 0.1) is 23.2 Å². The molecule has 11 heteroatoms. The van der Waals surface area contributed by atoms with E-state index in [1.165, 1.54) is 30.5 Å². The number of nitrogens with zero attached hydrogens (tertiary/aromatic N) is 5. The molecule has 268 valence electrons. The van der Waals surface area contributed by atoms with E-state index in [0.717, 1.165) is 64.5 Å². The number of β-amino-alcohol motifs (C(OH)–C–C–N with tert-alkyl or cyclic N) is 1. The Morgan fingerprint density at radius 1 is 1.08 bits per heavy atom. The number of rotatable bonds is 8. The number of terminal acetylenes is 1. The summed E-state index contributed by atoms with van der Waals surface area (Å²) >= 11 is 0. The molecule has 2 aliphatic heterocycles. The number of halogens is 2. The number of methoxy groups -OCH3 is 1. The Balaban J connectivity index is 1.19. The SMILES string of the molecule is C#Cc1c(F)ccc2cc(O)cc(-c3ncc4c(N5CCC[C@@](C)(O)C5)nc(OC[C@]56CCC[C@H]5N(C5CC(COC)C5)CCC6)nc4c3F)c12. The summed E-state index contributed by atoms with van der Waals surface area (Å²) in [6, 6.07) is 6.57. The highest BCUT2D eigenvalue weighted by Crippen LogP contribution is 2.51. The first-order valence-electron chi connectivity index (χ1n) is 18.2. The predicted molar refractivity (Wildman–Crippen MR) is 192 cm³/mol. The molecule has 4 aliphatic rings. The summed E-state index contributed by atoms with van der Waals surface area (Å²) in [6.07, 6.45) is 16.4. The number of likely N-dealkylation sites (tertiary alicyclic amines) is 1. The summed E-state index contributed by atoms with van der Waals surface area (Å²) < 4.78 is 43.9. The molecule has 0 radical (unpaired) electrons. The monoisotopic (exact) mass is 697 g/mol. The van der Waals surface area contributed by atoms with E-state index in [-0.39, 0.29) is 44.9 Å². The minimum Gasteiger partial charge on any atom is -0.508 e. The molecule has 0 bridgehead atoms. The summed E-state index contributed by atoms with van der Waals surface area (Å²) in [5.41, 5.74) is -1.03. The lowest BCUT2D eigenvalue weighted by Crippen LogP contribution is -2.58. The van der Waals surface area contributed by atoms with Crippen LogP contribution in [0.2, 0.25) is 0 Å². The van der Waals surface area contributed by atoms with Gasteiger partial charge < -0.3 is 24.6 Å². The highest BCUT2D eigenvalue weighted by molar-refractivity contribution is 6.03. The van der Waals surface area contributed by atoms with Gasteiger partial charge in [0, 0.05) is 61.5 Å². The van der Waals surface area contributed by atoms with Crippen molar-refractivity contribution in [1.82, 2.24) is 19.9 Å². The molecular formula is C40H45F2N5O4.